The molecular weight excluding hydrogens is 340 g/mol. The maximum absolute atomic E-state index is 6.30. The first-order valence-corrected chi connectivity index (χ1v) is 7.71. The van der Waals surface area contributed by atoms with Crippen LogP contribution in [-0.4, -0.2) is 25.1 Å². The number of nitrogens with two attached hydrogens (primary N) is 1. The molecular formula is C17H11ClN6O. The average molecular weight is 351 g/mol. The Morgan fingerprint density at radius 3 is 2.68 bits per heavy atom. The SMILES string of the molecule is Nc1cc(-c2noc(-c3cc(-c4ccccn4)ccc3Cl)n2)ncn1. The molecule has 0 fully saturated rings. The second-order valence-corrected chi connectivity index (χ2v) is 5.57. The Hall–Kier alpha value is -3.32. The van der Waals surface area contributed by atoms with E-state index in [0.29, 0.717) is 27.9 Å². The molecule has 4 rings (SSSR count). The smallest absolute Gasteiger partial charge is 0.259 e. The maximum atomic E-state index is 6.30. The van der Waals surface area contributed by atoms with Gasteiger partial charge >= 0.3 is 0 Å². The zero-order chi connectivity index (χ0) is 17.2. The van der Waals surface area contributed by atoms with Crippen molar-refractivity contribution in [2.75, 3.05) is 5.73 Å². The molecule has 1 aromatic carbocycles. The van der Waals surface area contributed by atoms with Crippen LogP contribution in [0.2, 0.25) is 5.02 Å². The monoisotopic (exact) mass is 350 g/mol. The van der Waals surface area contributed by atoms with Gasteiger partial charge in [-0.2, -0.15) is 4.98 Å². The number of pyridine rings is 1. The van der Waals surface area contributed by atoms with Gasteiger partial charge in [-0.15, -0.1) is 0 Å². The fourth-order valence-electron chi connectivity index (χ4n) is 2.31. The third kappa shape index (κ3) is 3.05. The predicted molar refractivity (Wildman–Crippen MR) is 93.4 cm³/mol. The van der Waals surface area contributed by atoms with E-state index in [9.17, 15) is 0 Å². The Morgan fingerprint density at radius 2 is 1.88 bits per heavy atom. The summed E-state index contributed by atoms with van der Waals surface area (Å²) in [7, 11) is 0. The van der Waals surface area contributed by atoms with E-state index < -0.39 is 0 Å². The lowest BCUT2D eigenvalue weighted by atomic mass is 10.1. The van der Waals surface area contributed by atoms with Gasteiger partial charge in [0.1, 0.15) is 17.8 Å². The Labute approximate surface area is 147 Å². The number of benzene rings is 1. The first-order valence-electron chi connectivity index (χ1n) is 7.33. The summed E-state index contributed by atoms with van der Waals surface area (Å²) in [5.41, 5.74) is 8.46. The molecule has 0 spiro atoms. The van der Waals surface area contributed by atoms with Gasteiger partial charge in [0.2, 0.25) is 5.82 Å². The minimum Gasteiger partial charge on any atom is -0.384 e. The van der Waals surface area contributed by atoms with E-state index in [0.717, 1.165) is 11.3 Å². The lowest BCUT2D eigenvalue weighted by Crippen LogP contribution is -1.93. The van der Waals surface area contributed by atoms with Crippen LogP contribution in [0.4, 0.5) is 5.82 Å². The van der Waals surface area contributed by atoms with Crippen molar-refractivity contribution in [2.24, 2.45) is 0 Å². The number of anilines is 1. The molecule has 0 aliphatic rings. The molecule has 122 valence electrons. The zero-order valence-corrected chi connectivity index (χ0v) is 13.6. The van der Waals surface area contributed by atoms with Crippen molar-refractivity contribution < 1.29 is 4.52 Å². The Balaban J connectivity index is 1.75. The van der Waals surface area contributed by atoms with E-state index in [2.05, 4.69) is 25.1 Å². The van der Waals surface area contributed by atoms with Crippen molar-refractivity contribution >= 4 is 17.4 Å². The van der Waals surface area contributed by atoms with Gasteiger partial charge in [0.15, 0.2) is 0 Å². The van der Waals surface area contributed by atoms with Crippen LogP contribution in [0.25, 0.3) is 34.2 Å². The third-order valence-electron chi connectivity index (χ3n) is 3.50. The summed E-state index contributed by atoms with van der Waals surface area (Å²) in [5, 5.41) is 4.44. The topological polar surface area (TPSA) is 104 Å². The van der Waals surface area contributed by atoms with Crippen LogP contribution in [0, 0.1) is 0 Å². The summed E-state index contributed by atoms with van der Waals surface area (Å²) in [6, 6.07) is 12.8. The molecule has 0 bridgehead atoms. The molecule has 0 saturated carbocycles. The Morgan fingerprint density at radius 1 is 0.960 bits per heavy atom. The van der Waals surface area contributed by atoms with Gasteiger partial charge in [-0.3, -0.25) is 4.98 Å². The fraction of sp³-hybridized carbons (Fsp3) is 0. The van der Waals surface area contributed by atoms with Crippen LogP contribution in [0.1, 0.15) is 0 Å². The summed E-state index contributed by atoms with van der Waals surface area (Å²) in [6.07, 6.45) is 3.07. The number of hydrogen-bond acceptors (Lipinski definition) is 7. The summed E-state index contributed by atoms with van der Waals surface area (Å²) in [4.78, 5) is 16.6. The molecule has 0 amide bonds. The molecule has 3 heterocycles. The van der Waals surface area contributed by atoms with Gasteiger partial charge in [-0.05, 0) is 24.3 Å². The summed E-state index contributed by atoms with van der Waals surface area (Å²) >= 11 is 6.30. The second-order valence-electron chi connectivity index (χ2n) is 5.16. The van der Waals surface area contributed by atoms with Gasteiger partial charge in [0.25, 0.3) is 5.89 Å². The van der Waals surface area contributed by atoms with Crippen LogP contribution < -0.4 is 5.73 Å². The molecule has 3 aromatic heterocycles. The maximum Gasteiger partial charge on any atom is 0.259 e. The Bertz CT molecular complexity index is 1030. The first-order chi connectivity index (χ1) is 12.2. The van der Waals surface area contributed by atoms with Gasteiger partial charge in [-0.1, -0.05) is 28.9 Å². The third-order valence-corrected chi connectivity index (χ3v) is 3.83. The van der Waals surface area contributed by atoms with Crippen molar-refractivity contribution in [3.63, 3.8) is 0 Å². The van der Waals surface area contributed by atoms with E-state index in [4.69, 9.17) is 21.9 Å². The van der Waals surface area contributed by atoms with Gasteiger partial charge in [0.05, 0.1) is 16.3 Å². The number of rotatable bonds is 3. The van der Waals surface area contributed by atoms with Crippen LogP contribution in [0.15, 0.2) is 59.5 Å². The molecule has 0 unspecified atom stereocenters. The largest absolute Gasteiger partial charge is 0.384 e. The molecule has 25 heavy (non-hydrogen) atoms. The highest BCUT2D eigenvalue weighted by Crippen LogP contribution is 2.32. The lowest BCUT2D eigenvalue weighted by Gasteiger charge is -2.04. The molecule has 0 saturated heterocycles. The quantitative estimate of drug-likeness (QED) is 0.603. The van der Waals surface area contributed by atoms with Crippen LogP contribution in [-0.2, 0) is 0 Å². The summed E-state index contributed by atoms with van der Waals surface area (Å²) in [6.45, 7) is 0. The van der Waals surface area contributed by atoms with E-state index in [-0.39, 0.29) is 5.89 Å². The molecule has 4 aromatic rings. The summed E-state index contributed by atoms with van der Waals surface area (Å²) < 4.78 is 5.35. The standard InChI is InChI=1S/C17H11ClN6O/c18-12-5-4-10(13-3-1-2-6-20-13)7-11(12)17-23-16(24-25-17)14-8-15(19)22-9-21-14/h1-9H,(H2,19,21,22). The Kier molecular flexibility index (Phi) is 3.83. The normalized spacial score (nSPS) is 10.8. The summed E-state index contributed by atoms with van der Waals surface area (Å²) in [5.74, 6) is 0.921. The number of halogens is 1. The predicted octanol–water partition coefficient (Wildman–Crippen LogP) is 3.49. The van der Waals surface area contributed by atoms with Crippen molar-refractivity contribution in [1.29, 1.82) is 0 Å². The van der Waals surface area contributed by atoms with Crippen LogP contribution in [0.5, 0.6) is 0 Å². The molecule has 0 atom stereocenters. The molecule has 0 radical (unpaired) electrons. The van der Waals surface area contributed by atoms with Crippen molar-refractivity contribution in [2.45, 2.75) is 0 Å². The molecule has 2 N–H and O–H groups in total. The van der Waals surface area contributed by atoms with E-state index in [1.165, 1.54) is 6.33 Å². The molecule has 0 aliphatic heterocycles. The number of hydrogen-bond donors (Lipinski definition) is 1. The van der Waals surface area contributed by atoms with Gasteiger partial charge < -0.3 is 10.3 Å². The lowest BCUT2D eigenvalue weighted by molar-refractivity contribution is 0.432. The average Bonchev–Trinajstić information content (AvgIpc) is 3.13. The van der Waals surface area contributed by atoms with Gasteiger partial charge in [-0.25, -0.2) is 9.97 Å². The van der Waals surface area contributed by atoms with E-state index in [1.807, 2.05) is 30.3 Å². The molecule has 0 aliphatic carbocycles. The first kappa shape index (κ1) is 15.2. The van der Waals surface area contributed by atoms with E-state index in [1.54, 1.807) is 18.3 Å². The zero-order valence-electron chi connectivity index (χ0n) is 12.8. The van der Waals surface area contributed by atoms with Crippen molar-refractivity contribution in [1.82, 2.24) is 25.1 Å². The number of aromatic nitrogens is 5. The van der Waals surface area contributed by atoms with Crippen molar-refractivity contribution in [3.8, 4) is 34.2 Å². The van der Waals surface area contributed by atoms with Crippen molar-refractivity contribution in [3.05, 3.63) is 60.0 Å². The molecule has 8 heteroatoms. The highest BCUT2D eigenvalue weighted by atomic mass is 35.5. The highest BCUT2D eigenvalue weighted by molar-refractivity contribution is 6.33. The minimum absolute atomic E-state index is 0.287. The van der Waals surface area contributed by atoms with Crippen LogP contribution >= 0.6 is 11.6 Å². The fourth-order valence-corrected chi connectivity index (χ4v) is 2.51. The molecule has 7 nitrogen and oxygen atoms in total. The number of nitrogen functional groups attached to an aromatic ring is 1. The number of nitrogens with zero attached hydrogens (tertiary/aromatic N) is 5. The van der Waals surface area contributed by atoms with Gasteiger partial charge in [0, 0.05) is 17.8 Å². The highest BCUT2D eigenvalue weighted by Gasteiger charge is 2.16. The van der Waals surface area contributed by atoms with Crippen LogP contribution in [0.3, 0.4) is 0 Å². The van der Waals surface area contributed by atoms with E-state index >= 15 is 0 Å². The second kappa shape index (κ2) is 6.29. The minimum atomic E-state index is 0.287.